The summed E-state index contributed by atoms with van der Waals surface area (Å²) in [6.45, 7) is 0. The molecule has 0 unspecified atom stereocenters. The van der Waals surface area contributed by atoms with E-state index in [4.69, 9.17) is 27.6 Å². The first-order valence-corrected chi connectivity index (χ1v) is 8.02. The lowest BCUT2D eigenvalue weighted by molar-refractivity contribution is 0.619. The molecule has 0 bridgehead atoms. The van der Waals surface area contributed by atoms with Gasteiger partial charge >= 0.3 is 5.69 Å². The lowest BCUT2D eigenvalue weighted by Gasteiger charge is -2.14. The minimum atomic E-state index is -0.619. The summed E-state index contributed by atoms with van der Waals surface area (Å²) in [7, 11) is 1.64. The van der Waals surface area contributed by atoms with E-state index in [-0.39, 0.29) is 10.7 Å². The van der Waals surface area contributed by atoms with Crippen molar-refractivity contribution in [3.63, 3.8) is 0 Å². The molecule has 0 amide bonds. The van der Waals surface area contributed by atoms with Gasteiger partial charge < -0.3 is 9.73 Å². The normalized spacial score (nSPS) is 11.4. The molecule has 0 spiro atoms. The summed E-state index contributed by atoms with van der Waals surface area (Å²) in [6, 6.07) is 7.10. The molecule has 25 heavy (non-hydrogen) atoms. The second-order valence-corrected chi connectivity index (χ2v) is 6.15. The SMILES string of the molecule is CNc1nc(=O)n(-c2cc(F)ccc2Cl)c2cc(Cl)c3ccoc3c12. The van der Waals surface area contributed by atoms with Crippen LogP contribution in [0.3, 0.4) is 0 Å². The molecule has 2 heterocycles. The first-order chi connectivity index (χ1) is 12.0. The molecule has 0 fully saturated rings. The minimum absolute atomic E-state index is 0.175. The highest BCUT2D eigenvalue weighted by atomic mass is 35.5. The molecule has 0 atom stereocenters. The van der Waals surface area contributed by atoms with Gasteiger partial charge in [0.2, 0.25) is 0 Å². The zero-order valence-electron chi connectivity index (χ0n) is 12.8. The third-order valence-electron chi connectivity index (χ3n) is 3.93. The van der Waals surface area contributed by atoms with Crippen molar-refractivity contribution in [1.82, 2.24) is 9.55 Å². The first kappa shape index (κ1) is 15.9. The zero-order chi connectivity index (χ0) is 17.7. The molecule has 0 radical (unpaired) electrons. The lowest BCUT2D eigenvalue weighted by atomic mass is 10.1. The van der Waals surface area contributed by atoms with Gasteiger partial charge in [0.25, 0.3) is 0 Å². The van der Waals surface area contributed by atoms with Gasteiger partial charge in [-0.1, -0.05) is 23.2 Å². The third kappa shape index (κ3) is 2.37. The zero-order valence-corrected chi connectivity index (χ0v) is 14.3. The average Bonchev–Trinajstić information content (AvgIpc) is 3.07. The van der Waals surface area contributed by atoms with E-state index in [1.54, 1.807) is 19.2 Å². The molecular formula is C17H10Cl2FN3O2. The Morgan fingerprint density at radius 3 is 2.76 bits per heavy atom. The van der Waals surface area contributed by atoms with Crippen LogP contribution < -0.4 is 11.0 Å². The van der Waals surface area contributed by atoms with Crippen LogP contribution >= 0.6 is 23.2 Å². The van der Waals surface area contributed by atoms with Gasteiger partial charge in [-0.15, -0.1) is 0 Å². The topological polar surface area (TPSA) is 60.1 Å². The molecule has 5 nitrogen and oxygen atoms in total. The van der Waals surface area contributed by atoms with Crippen molar-refractivity contribution >= 4 is 50.9 Å². The van der Waals surface area contributed by atoms with Crippen molar-refractivity contribution in [2.75, 3.05) is 12.4 Å². The van der Waals surface area contributed by atoms with Gasteiger partial charge in [-0.05, 0) is 30.3 Å². The maximum absolute atomic E-state index is 13.7. The second kappa shape index (κ2) is 5.75. The summed E-state index contributed by atoms with van der Waals surface area (Å²) in [5.41, 5.74) is 0.435. The van der Waals surface area contributed by atoms with E-state index in [0.29, 0.717) is 32.7 Å². The van der Waals surface area contributed by atoms with Crippen LogP contribution in [-0.2, 0) is 0 Å². The molecule has 2 aromatic carbocycles. The Morgan fingerprint density at radius 1 is 1.20 bits per heavy atom. The van der Waals surface area contributed by atoms with E-state index in [1.165, 1.54) is 29.0 Å². The Balaban J connectivity index is 2.26. The number of nitrogens with zero attached hydrogens (tertiary/aromatic N) is 2. The van der Waals surface area contributed by atoms with Crippen molar-refractivity contribution in [2.45, 2.75) is 0 Å². The number of furan rings is 1. The molecule has 126 valence electrons. The Hall–Kier alpha value is -2.57. The molecule has 0 aliphatic heterocycles. The molecule has 0 saturated heterocycles. The highest BCUT2D eigenvalue weighted by molar-refractivity contribution is 6.37. The molecule has 8 heteroatoms. The van der Waals surface area contributed by atoms with Gasteiger partial charge in [0.1, 0.15) is 17.2 Å². The number of rotatable bonds is 2. The smallest absolute Gasteiger partial charge is 0.354 e. The van der Waals surface area contributed by atoms with Crippen molar-refractivity contribution < 1.29 is 8.81 Å². The number of hydrogen-bond acceptors (Lipinski definition) is 4. The van der Waals surface area contributed by atoms with E-state index >= 15 is 0 Å². The van der Waals surface area contributed by atoms with E-state index in [2.05, 4.69) is 10.3 Å². The van der Waals surface area contributed by atoms with E-state index in [0.717, 1.165) is 0 Å². The number of nitrogens with one attached hydrogen (secondary N) is 1. The van der Waals surface area contributed by atoms with Crippen LogP contribution in [0.4, 0.5) is 10.2 Å². The van der Waals surface area contributed by atoms with Gasteiger partial charge in [-0.25, -0.2) is 9.18 Å². The van der Waals surface area contributed by atoms with Crippen LogP contribution in [0.25, 0.3) is 27.6 Å². The summed E-state index contributed by atoms with van der Waals surface area (Å²) in [5.74, 6) is -0.192. The molecular weight excluding hydrogens is 368 g/mol. The molecule has 4 rings (SSSR count). The van der Waals surface area contributed by atoms with Crippen LogP contribution in [0, 0.1) is 5.82 Å². The third-order valence-corrected chi connectivity index (χ3v) is 4.56. The number of fused-ring (bicyclic) bond motifs is 3. The summed E-state index contributed by atoms with van der Waals surface area (Å²) < 4.78 is 20.5. The average molecular weight is 378 g/mol. The minimum Gasteiger partial charge on any atom is -0.463 e. The fraction of sp³-hybridized carbons (Fsp3) is 0.0588. The maximum Gasteiger partial charge on any atom is 0.354 e. The van der Waals surface area contributed by atoms with Crippen LogP contribution in [0.2, 0.25) is 10.0 Å². The Labute approximate surface area is 150 Å². The van der Waals surface area contributed by atoms with Gasteiger partial charge in [0.05, 0.1) is 32.9 Å². The quantitative estimate of drug-likeness (QED) is 0.553. The summed E-state index contributed by atoms with van der Waals surface area (Å²) in [5, 5.41) is 4.72. The molecule has 0 aliphatic rings. The van der Waals surface area contributed by atoms with Gasteiger partial charge in [0, 0.05) is 12.4 Å². The summed E-state index contributed by atoms with van der Waals surface area (Å²) >= 11 is 12.5. The molecule has 0 saturated carbocycles. The predicted molar refractivity (Wildman–Crippen MR) is 96.6 cm³/mol. The summed E-state index contributed by atoms with van der Waals surface area (Å²) in [4.78, 5) is 16.7. The number of aromatic nitrogens is 2. The Kier molecular flexibility index (Phi) is 3.67. The summed E-state index contributed by atoms with van der Waals surface area (Å²) in [6.07, 6.45) is 1.50. The molecule has 2 aromatic heterocycles. The number of benzene rings is 2. The van der Waals surface area contributed by atoms with Crippen LogP contribution in [0.15, 0.2) is 45.8 Å². The number of hydrogen-bond donors (Lipinski definition) is 1. The second-order valence-electron chi connectivity index (χ2n) is 5.34. The fourth-order valence-electron chi connectivity index (χ4n) is 2.86. The van der Waals surface area contributed by atoms with Crippen LogP contribution in [-0.4, -0.2) is 16.6 Å². The van der Waals surface area contributed by atoms with Crippen LogP contribution in [0.1, 0.15) is 0 Å². The predicted octanol–water partition coefficient (Wildman–Crippen LogP) is 4.62. The number of halogens is 3. The van der Waals surface area contributed by atoms with Crippen molar-refractivity contribution in [3.05, 3.63) is 62.9 Å². The fourth-order valence-corrected chi connectivity index (χ4v) is 3.31. The Morgan fingerprint density at radius 2 is 2.00 bits per heavy atom. The van der Waals surface area contributed by atoms with Crippen LogP contribution in [0.5, 0.6) is 0 Å². The van der Waals surface area contributed by atoms with E-state index in [9.17, 15) is 9.18 Å². The van der Waals surface area contributed by atoms with Crippen molar-refractivity contribution in [3.8, 4) is 5.69 Å². The number of anilines is 1. The standard InChI is InChI=1S/C17H10Cl2FN3O2/c1-21-16-14-13(7-11(19)9-4-5-25-15(9)14)23(17(24)22-16)12-6-8(20)2-3-10(12)18/h2-7H,1H3,(H,21,22,24). The Bertz CT molecular complexity index is 1200. The first-order valence-electron chi connectivity index (χ1n) is 7.27. The van der Waals surface area contributed by atoms with Crippen molar-refractivity contribution in [1.29, 1.82) is 0 Å². The maximum atomic E-state index is 13.7. The van der Waals surface area contributed by atoms with Crippen molar-refractivity contribution in [2.24, 2.45) is 0 Å². The van der Waals surface area contributed by atoms with E-state index in [1.807, 2.05) is 0 Å². The van der Waals surface area contributed by atoms with Gasteiger partial charge in [-0.3, -0.25) is 4.57 Å². The van der Waals surface area contributed by atoms with Gasteiger partial charge in [-0.2, -0.15) is 4.98 Å². The lowest BCUT2D eigenvalue weighted by Crippen LogP contribution is -2.23. The highest BCUT2D eigenvalue weighted by Crippen LogP contribution is 2.36. The van der Waals surface area contributed by atoms with E-state index < -0.39 is 11.5 Å². The molecule has 1 N–H and O–H groups in total. The monoisotopic (exact) mass is 377 g/mol. The van der Waals surface area contributed by atoms with Gasteiger partial charge in [0.15, 0.2) is 0 Å². The largest absolute Gasteiger partial charge is 0.463 e. The molecule has 4 aromatic rings. The highest BCUT2D eigenvalue weighted by Gasteiger charge is 2.19. The molecule has 0 aliphatic carbocycles.